The van der Waals surface area contributed by atoms with Gasteiger partial charge in [-0.1, -0.05) is 13.8 Å². The van der Waals surface area contributed by atoms with E-state index in [-0.39, 0.29) is 6.04 Å². The van der Waals surface area contributed by atoms with E-state index in [0.29, 0.717) is 13.2 Å². The Bertz CT molecular complexity index is 481. The first-order valence-corrected chi connectivity index (χ1v) is 8.14. The average Bonchev–Trinajstić information content (AvgIpc) is 2.80. The molecule has 1 aromatic heterocycles. The van der Waals surface area contributed by atoms with E-state index in [1.54, 1.807) is 7.11 Å². The van der Waals surface area contributed by atoms with Crippen molar-refractivity contribution in [1.82, 2.24) is 20.4 Å². The first-order chi connectivity index (χ1) is 10.6. The molecule has 0 aliphatic carbocycles. The second-order valence-electron chi connectivity index (χ2n) is 5.40. The molecular weight excluding hydrogens is 278 g/mol. The molecule has 0 fully saturated rings. The Morgan fingerprint density at radius 2 is 2.05 bits per heavy atom. The van der Waals surface area contributed by atoms with Crippen LogP contribution in [0.3, 0.4) is 0 Å². The van der Waals surface area contributed by atoms with Gasteiger partial charge in [0, 0.05) is 38.0 Å². The molecule has 0 spiro atoms. The van der Waals surface area contributed by atoms with Crippen LogP contribution in [-0.4, -0.2) is 42.0 Å². The van der Waals surface area contributed by atoms with Gasteiger partial charge >= 0.3 is 0 Å². The summed E-state index contributed by atoms with van der Waals surface area (Å²) in [6.45, 7) is 10.6. The van der Waals surface area contributed by atoms with Gasteiger partial charge in [0.1, 0.15) is 0 Å². The van der Waals surface area contributed by atoms with Gasteiger partial charge in [0.2, 0.25) is 0 Å². The molecule has 1 rings (SSSR count). The molecule has 0 saturated carbocycles. The highest BCUT2D eigenvalue weighted by Crippen LogP contribution is 2.16. The molecule has 6 heteroatoms. The van der Waals surface area contributed by atoms with Crippen LogP contribution < -0.4 is 10.6 Å². The number of guanidine groups is 1. The van der Waals surface area contributed by atoms with Gasteiger partial charge in [0.15, 0.2) is 5.96 Å². The van der Waals surface area contributed by atoms with Crippen molar-refractivity contribution in [3.8, 4) is 0 Å². The number of nitrogens with zero attached hydrogens (tertiary/aromatic N) is 3. The largest absolute Gasteiger partial charge is 0.383 e. The molecule has 0 bridgehead atoms. The van der Waals surface area contributed by atoms with Gasteiger partial charge in [-0.05, 0) is 26.7 Å². The summed E-state index contributed by atoms with van der Waals surface area (Å²) >= 11 is 0. The highest BCUT2D eigenvalue weighted by Gasteiger charge is 2.13. The smallest absolute Gasteiger partial charge is 0.191 e. The first kappa shape index (κ1) is 18.5. The topological polar surface area (TPSA) is 63.5 Å². The number of nitrogens with one attached hydrogen (secondary N) is 2. The summed E-state index contributed by atoms with van der Waals surface area (Å²) in [4.78, 5) is 4.72. The lowest BCUT2D eigenvalue weighted by Gasteiger charge is -2.17. The number of methoxy groups -OCH3 is 1. The maximum atomic E-state index is 5.16. The summed E-state index contributed by atoms with van der Waals surface area (Å²) in [5, 5.41) is 11.2. The Hall–Kier alpha value is -1.56. The molecule has 0 saturated heterocycles. The molecule has 22 heavy (non-hydrogen) atoms. The van der Waals surface area contributed by atoms with Gasteiger partial charge < -0.3 is 15.4 Å². The third kappa shape index (κ3) is 5.02. The van der Waals surface area contributed by atoms with E-state index >= 15 is 0 Å². The summed E-state index contributed by atoms with van der Waals surface area (Å²) in [5.74, 6) is 0.819. The first-order valence-electron chi connectivity index (χ1n) is 8.14. The lowest BCUT2D eigenvalue weighted by atomic mass is 10.1. The van der Waals surface area contributed by atoms with Crippen LogP contribution in [0.15, 0.2) is 4.99 Å². The SMILES string of the molecule is CCNC(=NCc1c(CC)nn(C)c1CC)NC(C)COC. The van der Waals surface area contributed by atoms with Crippen LogP contribution in [0.25, 0.3) is 0 Å². The minimum absolute atomic E-state index is 0.216. The molecule has 1 unspecified atom stereocenters. The third-order valence-electron chi connectivity index (χ3n) is 3.57. The van der Waals surface area contributed by atoms with Crippen molar-refractivity contribution in [3.05, 3.63) is 17.0 Å². The van der Waals surface area contributed by atoms with E-state index in [0.717, 1.165) is 31.0 Å². The summed E-state index contributed by atoms with van der Waals surface area (Å²) < 4.78 is 7.15. The van der Waals surface area contributed by atoms with Crippen molar-refractivity contribution in [2.24, 2.45) is 12.0 Å². The lowest BCUT2D eigenvalue weighted by Crippen LogP contribution is -2.43. The molecule has 2 N–H and O–H groups in total. The fourth-order valence-electron chi connectivity index (χ4n) is 2.58. The maximum absolute atomic E-state index is 5.16. The fourth-order valence-corrected chi connectivity index (χ4v) is 2.58. The van der Waals surface area contributed by atoms with Crippen LogP contribution >= 0.6 is 0 Å². The predicted molar refractivity (Wildman–Crippen MR) is 91.3 cm³/mol. The molecule has 0 aromatic carbocycles. The van der Waals surface area contributed by atoms with Gasteiger partial charge in [-0.25, -0.2) is 4.99 Å². The van der Waals surface area contributed by atoms with Crippen molar-refractivity contribution in [2.75, 3.05) is 20.3 Å². The minimum Gasteiger partial charge on any atom is -0.383 e. The van der Waals surface area contributed by atoms with Crippen molar-refractivity contribution in [2.45, 2.75) is 53.1 Å². The number of hydrogen-bond donors (Lipinski definition) is 2. The van der Waals surface area contributed by atoms with Gasteiger partial charge in [-0.2, -0.15) is 5.10 Å². The molecule has 1 aromatic rings. The Morgan fingerprint density at radius 3 is 2.59 bits per heavy atom. The summed E-state index contributed by atoms with van der Waals surface area (Å²) in [5.41, 5.74) is 3.66. The molecule has 0 aliphatic heterocycles. The number of ether oxygens (including phenoxy) is 1. The monoisotopic (exact) mass is 309 g/mol. The molecule has 6 nitrogen and oxygen atoms in total. The second-order valence-corrected chi connectivity index (χ2v) is 5.40. The van der Waals surface area contributed by atoms with Gasteiger partial charge in [0.25, 0.3) is 0 Å². The number of rotatable bonds is 8. The second kappa shape index (κ2) is 9.46. The minimum atomic E-state index is 0.216. The van der Waals surface area contributed by atoms with E-state index in [1.165, 1.54) is 11.3 Å². The normalized spacial score (nSPS) is 13.3. The van der Waals surface area contributed by atoms with Crippen LogP contribution in [0.5, 0.6) is 0 Å². The zero-order valence-electron chi connectivity index (χ0n) is 14.9. The van der Waals surface area contributed by atoms with Gasteiger partial charge in [-0.15, -0.1) is 0 Å². The van der Waals surface area contributed by atoms with E-state index in [2.05, 4.69) is 43.4 Å². The van der Waals surface area contributed by atoms with Crippen LogP contribution in [0, 0.1) is 0 Å². The molecule has 1 heterocycles. The Kier molecular flexibility index (Phi) is 7.95. The van der Waals surface area contributed by atoms with E-state index in [1.807, 2.05) is 11.7 Å². The number of aliphatic imine (C=N–C) groups is 1. The van der Waals surface area contributed by atoms with Crippen molar-refractivity contribution in [3.63, 3.8) is 0 Å². The molecule has 0 aliphatic rings. The van der Waals surface area contributed by atoms with E-state index in [9.17, 15) is 0 Å². The molecule has 1 atom stereocenters. The third-order valence-corrected chi connectivity index (χ3v) is 3.57. The van der Waals surface area contributed by atoms with Crippen molar-refractivity contribution in [1.29, 1.82) is 0 Å². The Morgan fingerprint density at radius 1 is 1.32 bits per heavy atom. The van der Waals surface area contributed by atoms with Crippen LogP contribution in [0.4, 0.5) is 0 Å². The predicted octanol–water partition coefficient (Wildman–Crippen LogP) is 1.63. The Labute approximate surface area is 134 Å². The van der Waals surface area contributed by atoms with Crippen molar-refractivity contribution < 1.29 is 4.74 Å². The van der Waals surface area contributed by atoms with Crippen molar-refractivity contribution >= 4 is 5.96 Å². The summed E-state index contributed by atoms with van der Waals surface area (Å²) in [7, 11) is 3.72. The Balaban J connectivity index is 2.89. The maximum Gasteiger partial charge on any atom is 0.191 e. The molecule has 0 radical (unpaired) electrons. The zero-order chi connectivity index (χ0) is 16.5. The standard InChI is InChI=1S/C16H31N5O/c1-7-14-13(15(8-2)21(5)20-14)10-18-16(17-9-3)19-12(4)11-22-6/h12H,7-11H2,1-6H3,(H2,17,18,19). The highest BCUT2D eigenvalue weighted by molar-refractivity contribution is 5.80. The van der Waals surface area contributed by atoms with Gasteiger partial charge in [0.05, 0.1) is 18.8 Å². The number of aromatic nitrogens is 2. The average molecular weight is 309 g/mol. The van der Waals surface area contributed by atoms with Gasteiger partial charge in [-0.3, -0.25) is 4.68 Å². The highest BCUT2D eigenvalue weighted by atomic mass is 16.5. The van der Waals surface area contributed by atoms with E-state index in [4.69, 9.17) is 9.73 Å². The molecular formula is C16H31N5O. The van der Waals surface area contributed by atoms with Crippen LogP contribution in [0.2, 0.25) is 0 Å². The lowest BCUT2D eigenvalue weighted by molar-refractivity contribution is 0.179. The number of hydrogen-bond acceptors (Lipinski definition) is 3. The van der Waals surface area contributed by atoms with E-state index < -0.39 is 0 Å². The summed E-state index contributed by atoms with van der Waals surface area (Å²) in [6, 6.07) is 0.216. The molecule has 126 valence electrons. The zero-order valence-corrected chi connectivity index (χ0v) is 14.9. The molecule has 0 amide bonds. The quantitative estimate of drug-likeness (QED) is 0.566. The summed E-state index contributed by atoms with van der Waals surface area (Å²) in [6.07, 6.45) is 1.90. The fraction of sp³-hybridized carbons (Fsp3) is 0.750. The number of aryl methyl sites for hydroxylation is 2. The van der Waals surface area contributed by atoms with Crippen LogP contribution in [0.1, 0.15) is 44.6 Å². The van der Waals surface area contributed by atoms with Crippen LogP contribution in [-0.2, 0) is 31.2 Å².